The Labute approximate surface area is 152 Å². The first-order valence-electron chi connectivity index (χ1n) is 9.33. The van der Waals surface area contributed by atoms with Crippen molar-refractivity contribution >= 4 is 16.9 Å². The van der Waals surface area contributed by atoms with Crippen LogP contribution in [0.4, 0.5) is 5.95 Å². The summed E-state index contributed by atoms with van der Waals surface area (Å²) >= 11 is 0. The van der Waals surface area contributed by atoms with Gasteiger partial charge in [0.2, 0.25) is 5.95 Å². The molecule has 0 amide bonds. The van der Waals surface area contributed by atoms with Gasteiger partial charge in [0.05, 0.1) is 12.0 Å². The number of aryl methyl sites for hydroxylation is 1. The Balaban J connectivity index is 1.46. The third-order valence-electron chi connectivity index (χ3n) is 5.90. The first-order chi connectivity index (χ1) is 12.7. The van der Waals surface area contributed by atoms with Crippen LogP contribution in [0.2, 0.25) is 0 Å². The first kappa shape index (κ1) is 15.8. The molecule has 2 aliphatic rings. The fraction of sp³-hybridized carbons (Fsp3) is 0.450. The van der Waals surface area contributed by atoms with Crippen molar-refractivity contribution in [1.29, 1.82) is 0 Å². The van der Waals surface area contributed by atoms with Crippen molar-refractivity contribution in [2.45, 2.75) is 25.8 Å². The highest BCUT2D eigenvalue weighted by Gasteiger charge is 2.38. The Hall–Kier alpha value is -2.47. The largest absolute Gasteiger partial charge is 0.464 e. The number of nitrogens with zero attached hydrogens (tertiary/aromatic N) is 5. The average molecular weight is 349 g/mol. The zero-order valence-corrected chi connectivity index (χ0v) is 15.2. The molecule has 0 aliphatic carbocycles. The van der Waals surface area contributed by atoms with E-state index in [0.29, 0.717) is 6.04 Å². The van der Waals surface area contributed by atoms with Gasteiger partial charge in [-0.15, -0.1) is 10.2 Å². The predicted molar refractivity (Wildman–Crippen MR) is 101 cm³/mol. The summed E-state index contributed by atoms with van der Waals surface area (Å²) in [7, 11) is 2.20. The monoisotopic (exact) mass is 349 g/mol. The zero-order valence-electron chi connectivity index (χ0n) is 15.2. The molecule has 2 fully saturated rings. The molecule has 6 heteroatoms. The van der Waals surface area contributed by atoms with Crippen LogP contribution in [0.15, 0.2) is 34.9 Å². The molecule has 0 spiro atoms. The third-order valence-corrected chi connectivity index (χ3v) is 5.90. The van der Waals surface area contributed by atoms with Gasteiger partial charge in [-0.3, -0.25) is 0 Å². The van der Waals surface area contributed by atoms with E-state index in [4.69, 9.17) is 9.40 Å². The summed E-state index contributed by atoms with van der Waals surface area (Å²) in [6, 6.07) is 8.56. The van der Waals surface area contributed by atoms with Gasteiger partial charge in [0.1, 0.15) is 11.3 Å². The van der Waals surface area contributed by atoms with Gasteiger partial charge >= 0.3 is 0 Å². The summed E-state index contributed by atoms with van der Waals surface area (Å²) in [4.78, 5) is 9.60. The highest BCUT2D eigenvalue weighted by Crippen LogP contribution is 2.34. The van der Waals surface area contributed by atoms with E-state index in [1.165, 1.54) is 19.4 Å². The standard InChI is InChI=1S/C20H23N5O/c1-13-19(16-3-4-18-15(11-16)7-10-26-18)22-23-20(21-13)25-9-6-14-5-8-24(2)12-17(14)25/h3-4,7,10-11,14,17H,5-6,8-9,12H2,1-2H3/t14-,17-/m0/s1. The van der Waals surface area contributed by atoms with Crippen LogP contribution in [0.25, 0.3) is 22.2 Å². The number of piperidine rings is 1. The minimum Gasteiger partial charge on any atom is -0.464 e. The first-order valence-corrected chi connectivity index (χ1v) is 9.33. The summed E-state index contributed by atoms with van der Waals surface area (Å²) in [5.74, 6) is 1.54. The van der Waals surface area contributed by atoms with Gasteiger partial charge in [-0.1, -0.05) is 0 Å². The number of benzene rings is 1. The maximum atomic E-state index is 5.42. The number of likely N-dealkylation sites (N-methyl/N-ethyl adjacent to an activating group) is 1. The van der Waals surface area contributed by atoms with Crippen molar-refractivity contribution in [2.24, 2.45) is 5.92 Å². The van der Waals surface area contributed by atoms with Crippen molar-refractivity contribution in [3.05, 3.63) is 36.2 Å². The van der Waals surface area contributed by atoms with Crippen LogP contribution in [-0.2, 0) is 0 Å². The number of fused-ring (bicyclic) bond motifs is 2. The second-order valence-electron chi connectivity index (χ2n) is 7.58. The lowest BCUT2D eigenvalue weighted by atomic mass is 9.92. The molecule has 5 rings (SSSR count). The Morgan fingerprint density at radius 2 is 2.00 bits per heavy atom. The van der Waals surface area contributed by atoms with Crippen molar-refractivity contribution in [3.8, 4) is 11.3 Å². The molecule has 4 heterocycles. The van der Waals surface area contributed by atoms with Crippen LogP contribution in [0, 0.1) is 12.8 Å². The third kappa shape index (κ3) is 2.56. The van der Waals surface area contributed by atoms with Crippen LogP contribution in [0.3, 0.4) is 0 Å². The number of furan rings is 1. The lowest BCUT2D eigenvalue weighted by Crippen LogP contribution is -2.47. The topological polar surface area (TPSA) is 58.3 Å². The second-order valence-corrected chi connectivity index (χ2v) is 7.58. The van der Waals surface area contributed by atoms with Gasteiger partial charge < -0.3 is 14.2 Å². The highest BCUT2D eigenvalue weighted by atomic mass is 16.3. The molecule has 3 aromatic rings. The minimum absolute atomic E-state index is 0.517. The van der Waals surface area contributed by atoms with Crippen LogP contribution >= 0.6 is 0 Å². The zero-order chi connectivity index (χ0) is 17.7. The lowest BCUT2D eigenvalue weighted by molar-refractivity contribution is 0.207. The molecular weight excluding hydrogens is 326 g/mol. The molecule has 1 aromatic carbocycles. The van der Waals surface area contributed by atoms with Crippen molar-refractivity contribution < 1.29 is 4.42 Å². The fourth-order valence-corrected chi connectivity index (χ4v) is 4.44. The molecule has 26 heavy (non-hydrogen) atoms. The Morgan fingerprint density at radius 1 is 1.12 bits per heavy atom. The summed E-state index contributed by atoms with van der Waals surface area (Å²) in [5, 5.41) is 10.1. The van der Waals surface area contributed by atoms with E-state index in [0.717, 1.165) is 52.9 Å². The van der Waals surface area contributed by atoms with Crippen LogP contribution in [0.1, 0.15) is 18.5 Å². The molecule has 0 radical (unpaired) electrons. The predicted octanol–water partition coefficient (Wildman–Crippen LogP) is 3.12. The SMILES string of the molecule is Cc1nc(N2CC[C@@H]3CCN(C)C[C@@H]32)nnc1-c1ccc2occc2c1. The van der Waals surface area contributed by atoms with Gasteiger partial charge in [-0.2, -0.15) is 0 Å². The number of likely N-dealkylation sites (tertiary alicyclic amines) is 1. The van der Waals surface area contributed by atoms with Crippen LogP contribution < -0.4 is 4.90 Å². The maximum Gasteiger partial charge on any atom is 0.245 e. The molecule has 2 aromatic heterocycles. The van der Waals surface area contributed by atoms with Gasteiger partial charge in [0.15, 0.2) is 0 Å². The number of rotatable bonds is 2. The maximum absolute atomic E-state index is 5.42. The van der Waals surface area contributed by atoms with Gasteiger partial charge in [0, 0.05) is 30.1 Å². The summed E-state index contributed by atoms with van der Waals surface area (Å²) in [5.41, 5.74) is 3.67. The summed E-state index contributed by atoms with van der Waals surface area (Å²) < 4.78 is 5.42. The van der Waals surface area contributed by atoms with Crippen LogP contribution in [-0.4, -0.2) is 52.8 Å². The van der Waals surface area contributed by atoms with Gasteiger partial charge in [0.25, 0.3) is 0 Å². The molecule has 0 unspecified atom stereocenters. The summed E-state index contributed by atoms with van der Waals surface area (Å²) in [6.45, 7) is 5.34. The summed E-state index contributed by atoms with van der Waals surface area (Å²) in [6.07, 6.45) is 4.21. The van der Waals surface area contributed by atoms with Crippen LogP contribution in [0.5, 0.6) is 0 Å². The van der Waals surface area contributed by atoms with E-state index < -0.39 is 0 Å². The molecular formula is C20H23N5O. The Morgan fingerprint density at radius 3 is 2.88 bits per heavy atom. The molecule has 0 N–H and O–H groups in total. The Bertz CT molecular complexity index is 952. The molecule has 2 aliphatic heterocycles. The molecule has 2 saturated heterocycles. The fourth-order valence-electron chi connectivity index (χ4n) is 4.44. The van der Waals surface area contributed by atoms with Crippen molar-refractivity contribution in [2.75, 3.05) is 31.6 Å². The van der Waals surface area contributed by atoms with Gasteiger partial charge in [-0.25, -0.2) is 4.98 Å². The number of aromatic nitrogens is 3. The van der Waals surface area contributed by atoms with E-state index in [1.807, 2.05) is 25.1 Å². The molecule has 0 saturated carbocycles. The number of anilines is 1. The van der Waals surface area contributed by atoms with Gasteiger partial charge in [-0.05, 0) is 63.5 Å². The highest BCUT2D eigenvalue weighted by molar-refractivity contribution is 5.83. The van der Waals surface area contributed by atoms with E-state index in [9.17, 15) is 0 Å². The van der Waals surface area contributed by atoms with Crippen molar-refractivity contribution in [3.63, 3.8) is 0 Å². The molecule has 2 atom stereocenters. The smallest absolute Gasteiger partial charge is 0.245 e. The normalized spacial score (nSPS) is 23.5. The van der Waals surface area contributed by atoms with E-state index in [1.54, 1.807) is 6.26 Å². The quantitative estimate of drug-likeness (QED) is 0.708. The number of hydrogen-bond donors (Lipinski definition) is 0. The van der Waals surface area contributed by atoms with E-state index >= 15 is 0 Å². The van der Waals surface area contributed by atoms with E-state index in [2.05, 4.69) is 33.1 Å². The molecule has 134 valence electrons. The van der Waals surface area contributed by atoms with Crippen molar-refractivity contribution in [1.82, 2.24) is 20.1 Å². The second kappa shape index (κ2) is 6.06. The minimum atomic E-state index is 0.517. The Kier molecular flexibility index (Phi) is 3.67. The van der Waals surface area contributed by atoms with E-state index in [-0.39, 0.29) is 0 Å². The average Bonchev–Trinajstić information content (AvgIpc) is 3.27. The lowest BCUT2D eigenvalue weighted by Gasteiger charge is -2.36. The molecule has 0 bridgehead atoms. The number of hydrogen-bond acceptors (Lipinski definition) is 6. The molecule has 6 nitrogen and oxygen atoms in total.